The molecule has 2 aliphatic rings. The number of amides is 4. The van der Waals surface area contributed by atoms with E-state index < -0.39 is 23.5 Å². The molecular formula is C21H24FN5O3. The third-order valence-corrected chi connectivity index (χ3v) is 5.88. The Hall–Kier alpha value is -3.23. The summed E-state index contributed by atoms with van der Waals surface area (Å²) in [7, 11) is 1.79. The zero-order valence-electron chi connectivity index (χ0n) is 16.7. The van der Waals surface area contributed by atoms with E-state index in [4.69, 9.17) is 0 Å². The first-order valence-corrected chi connectivity index (χ1v) is 10.1. The molecule has 0 radical (unpaired) electrons. The lowest BCUT2D eigenvalue weighted by atomic mass is 9.82. The van der Waals surface area contributed by atoms with Gasteiger partial charge in [-0.1, -0.05) is 31.4 Å². The molecule has 4 rings (SSSR count). The fourth-order valence-electron chi connectivity index (χ4n) is 4.27. The maximum atomic E-state index is 13.4. The minimum absolute atomic E-state index is 0.335. The van der Waals surface area contributed by atoms with Crippen molar-refractivity contribution >= 4 is 17.8 Å². The molecule has 1 spiro atoms. The molecule has 8 nitrogen and oxygen atoms in total. The molecule has 9 heteroatoms. The second-order valence-electron chi connectivity index (χ2n) is 7.91. The molecule has 2 aromatic rings. The summed E-state index contributed by atoms with van der Waals surface area (Å²) in [6.07, 6.45) is 7.32. The second kappa shape index (κ2) is 7.89. The monoisotopic (exact) mass is 413 g/mol. The molecule has 1 aliphatic carbocycles. The number of aromatic nitrogens is 2. The van der Waals surface area contributed by atoms with E-state index in [9.17, 15) is 18.8 Å². The number of benzene rings is 1. The van der Waals surface area contributed by atoms with E-state index in [1.54, 1.807) is 36.1 Å². The summed E-state index contributed by atoms with van der Waals surface area (Å²) < 4.78 is 15.1. The van der Waals surface area contributed by atoms with Crippen molar-refractivity contribution in [1.82, 2.24) is 25.1 Å². The quantitative estimate of drug-likeness (QED) is 0.733. The summed E-state index contributed by atoms with van der Waals surface area (Å²) in [5, 5.41) is 5.64. The normalized spacial score (nSPS) is 19.1. The van der Waals surface area contributed by atoms with Gasteiger partial charge < -0.3 is 15.2 Å². The Labute approximate surface area is 173 Å². The predicted octanol–water partition coefficient (Wildman–Crippen LogP) is 2.02. The summed E-state index contributed by atoms with van der Waals surface area (Å²) >= 11 is 0. The standard InChI is InChI=1S/C21H24FN5O3/c1-26-12-11-23-18(26)17(14-5-7-15(22)8-6-14)24-16(28)13-27-19(29)21(25-20(27)30)9-3-2-4-10-21/h5-8,11-12,17H,2-4,9-10,13H2,1H3,(H,24,28)(H,25,30). The van der Waals surface area contributed by atoms with Crippen molar-refractivity contribution in [3.05, 3.63) is 53.9 Å². The number of imide groups is 1. The van der Waals surface area contributed by atoms with Crippen LogP contribution in [0.15, 0.2) is 36.7 Å². The largest absolute Gasteiger partial charge is 0.341 e. The van der Waals surface area contributed by atoms with E-state index in [2.05, 4.69) is 15.6 Å². The zero-order chi connectivity index (χ0) is 21.3. The number of halogens is 1. The number of hydrogen-bond donors (Lipinski definition) is 2. The Bertz CT molecular complexity index is 965. The lowest BCUT2D eigenvalue weighted by Gasteiger charge is -2.30. The van der Waals surface area contributed by atoms with Crippen LogP contribution < -0.4 is 10.6 Å². The van der Waals surface area contributed by atoms with Gasteiger partial charge in [0.05, 0.1) is 0 Å². The summed E-state index contributed by atoms with van der Waals surface area (Å²) in [5.41, 5.74) is -0.231. The Kier molecular flexibility index (Phi) is 5.27. The first-order chi connectivity index (χ1) is 14.4. The topological polar surface area (TPSA) is 96.3 Å². The number of imidazole rings is 1. The van der Waals surface area contributed by atoms with Crippen molar-refractivity contribution in [1.29, 1.82) is 0 Å². The number of rotatable bonds is 5. The van der Waals surface area contributed by atoms with Crippen LogP contribution in [0.5, 0.6) is 0 Å². The van der Waals surface area contributed by atoms with Gasteiger partial charge in [0.25, 0.3) is 5.91 Å². The molecular weight excluding hydrogens is 389 g/mol. The van der Waals surface area contributed by atoms with E-state index in [1.165, 1.54) is 12.1 Å². The lowest BCUT2D eigenvalue weighted by molar-refractivity contribution is -0.136. The highest BCUT2D eigenvalue weighted by Crippen LogP contribution is 2.33. The smallest absolute Gasteiger partial charge is 0.325 e. The van der Waals surface area contributed by atoms with Gasteiger partial charge >= 0.3 is 6.03 Å². The van der Waals surface area contributed by atoms with Crippen molar-refractivity contribution in [3.63, 3.8) is 0 Å². The van der Waals surface area contributed by atoms with Crippen LogP contribution in [-0.2, 0) is 16.6 Å². The van der Waals surface area contributed by atoms with Crippen LogP contribution in [0.2, 0.25) is 0 Å². The molecule has 1 saturated heterocycles. The van der Waals surface area contributed by atoms with Gasteiger partial charge in [0.2, 0.25) is 5.91 Å². The van der Waals surface area contributed by atoms with Crippen LogP contribution in [0, 0.1) is 5.82 Å². The maximum absolute atomic E-state index is 13.4. The van der Waals surface area contributed by atoms with Gasteiger partial charge in [-0.25, -0.2) is 14.2 Å². The molecule has 2 fully saturated rings. The Balaban J connectivity index is 1.52. The van der Waals surface area contributed by atoms with Gasteiger partial charge in [-0.3, -0.25) is 14.5 Å². The van der Waals surface area contributed by atoms with Crippen LogP contribution in [0.25, 0.3) is 0 Å². The molecule has 1 saturated carbocycles. The van der Waals surface area contributed by atoms with Crippen molar-refractivity contribution in [3.8, 4) is 0 Å². The number of hydrogen-bond acceptors (Lipinski definition) is 4. The SMILES string of the molecule is Cn1ccnc1C(NC(=O)CN1C(=O)NC2(CCCCC2)C1=O)c1ccc(F)cc1. The number of nitrogens with one attached hydrogen (secondary N) is 2. The maximum Gasteiger partial charge on any atom is 0.325 e. The predicted molar refractivity (Wildman–Crippen MR) is 106 cm³/mol. The molecule has 0 bridgehead atoms. The van der Waals surface area contributed by atoms with Gasteiger partial charge in [-0.15, -0.1) is 0 Å². The fraction of sp³-hybridized carbons (Fsp3) is 0.429. The number of aryl methyl sites for hydroxylation is 1. The van der Waals surface area contributed by atoms with Gasteiger partial charge in [0.1, 0.15) is 29.8 Å². The number of carbonyl (C=O) groups is 3. The molecule has 1 unspecified atom stereocenters. The minimum atomic E-state index is -0.869. The Morgan fingerprint density at radius 1 is 1.23 bits per heavy atom. The summed E-state index contributed by atoms with van der Waals surface area (Å²) in [6.45, 7) is -0.380. The number of carbonyl (C=O) groups excluding carboxylic acids is 3. The Morgan fingerprint density at radius 2 is 1.93 bits per heavy atom. The molecule has 30 heavy (non-hydrogen) atoms. The van der Waals surface area contributed by atoms with Crippen molar-refractivity contribution < 1.29 is 18.8 Å². The molecule has 2 heterocycles. The van der Waals surface area contributed by atoms with E-state index in [-0.39, 0.29) is 18.3 Å². The average molecular weight is 413 g/mol. The lowest BCUT2D eigenvalue weighted by Crippen LogP contribution is -2.49. The molecule has 2 N–H and O–H groups in total. The third kappa shape index (κ3) is 3.67. The molecule has 4 amide bonds. The van der Waals surface area contributed by atoms with Crippen LogP contribution in [-0.4, -0.2) is 44.4 Å². The zero-order valence-corrected chi connectivity index (χ0v) is 16.7. The average Bonchev–Trinajstić information content (AvgIpc) is 3.24. The van der Waals surface area contributed by atoms with Crippen LogP contribution in [0.1, 0.15) is 49.5 Å². The highest BCUT2D eigenvalue weighted by atomic mass is 19.1. The highest BCUT2D eigenvalue weighted by Gasteiger charge is 2.51. The van der Waals surface area contributed by atoms with Crippen LogP contribution in [0.4, 0.5) is 9.18 Å². The molecule has 1 aromatic carbocycles. The van der Waals surface area contributed by atoms with E-state index >= 15 is 0 Å². The molecule has 1 aliphatic heterocycles. The first-order valence-electron chi connectivity index (χ1n) is 10.1. The van der Waals surface area contributed by atoms with Gasteiger partial charge in [0, 0.05) is 19.4 Å². The minimum Gasteiger partial charge on any atom is -0.341 e. The molecule has 158 valence electrons. The number of nitrogens with zero attached hydrogens (tertiary/aromatic N) is 3. The Morgan fingerprint density at radius 3 is 2.57 bits per heavy atom. The van der Waals surface area contributed by atoms with E-state index in [0.717, 1.165) is 24.2 Å². The van der Waals surface area contributed by atoms with Crippen molar-refractivity contribution in [2.24, 2.45) is 7.05 Å². The van der Waals surface area contributed by atoms with Gasteiger partial charge in [-0.2, -0.15) is 0 Å². The van der Waals surface area contributed by atoms with Crippen LogP contribution >= 0.6 is 0 Å². The third-order valence-electron chi connectivity index (χ3n) is 5.88. The summed E-state index contributed by atoms with van der Waals surface area (Å²) in [6, 6.07) is 4.57. The fourth-order valence-corrected chi connectivity index (χ4v) is 4.27. The van der Waals surface area contributed by atoms with Gasteiger partial charge in [-0.05, 0) is 30.5 Å². The van der Waals surface area contributed by atoms with Gasteiger partial charge in [0.15, 0.2) is 0 Å². The van der Waals surface area contributed by atoms with E-state index in [0.29, 0.717) is 24.2 Å². The first kappa shape index (κ1) is 20.1. The second-order valence-corrected chi connectivity index (χ2v) is 7.91. The number of urea groups is 1. The summed E-state index contributed by atoms with van der Waals surface area (Å²) in [4.78, 5) is 43.4. The highest BCUT2D eigenvalue weighted by molar-refractivity contribution is 6.09. The summed E-state index contributed by atoms with van der Waals surface area (Å²) in [5.74, 6) is -0.668. The van der Waals surface area contributed by atoms with E-state index in [1.807, 2.05) is 0 Å². The molecule has 1 aromatic heterocycles. The van der Waals surface area contributed by atoms with Crippen LogP contribution in [0.3, 0.4) is 0 Å². The molecule has 1 atom stereocenters. The van der Waals surface area contributed by atoms with Crippen molar-refractivity contribution in [2.75, 3.05) is 6.54 Å². The van der Waals surface area contributed by atoms with Crippen molar-refractivity contribution in [2.45, 2.75) is 43.7 Å².